The highest BCUT2D eigenvalue weighted by Crippen LogP contribution is 2.35. The molecule has 1 aliphatic rings. The number of benzene rings is 1. The van der Waals surface area contributed by atoms with Crippen molar-refractivity contribution in [2.75, 3.05) is 0 Å². The maximum absolute atomic E-state index is 13.0. The summed E-state index contributed by atoms with van der Waals surface area (Å²) in [4.78, 5) is 10.6. The van der Waals surface area contributed by atoms with Gasteiger partial charge < -0.3 is 5.11 Å². The highest BCUT2D eigenvalue weighted by atomic mass is 19.1. The average Bonchev–Trinajstić information content (AvgIpc) is 2.65. The Hall–Kier alpha value is -1.38. The molecule has 0 amide bonds. The summed E-state index contributed by atoms with van der Waals surface area (Å²) in [6.45, 7) is 0. The van der Waals surface area contributed by atoms with Crippen LogP contribution in [0.25, 0.3) is 0 Å². The maximum atomic E-state index is 13.0. The summed E-state index contributed by atoms with van der Waals surface area (Å²) >= 11 is 0. The Morgan fingerprint density at radius 3 is 2.40 bits per heavy atom. The summed E-state index contributed by atoms with van der Waals surface area (Å²) in [7, 11) is 0. The van der Waals surface area contributed by atoms with Crippen LogP contribution in [0.2, 0.25) is 0 Å². The van der Waals surface area contributed by atoms with Crippen molar-refractivity contribution in [1.82, 2.24) is 0 Å². The summed E-state index contributed by atoms with van der Waals surface area (Å²) in [5.74, 6) is -0.654. The van der Waals surface area contributed by atoms with Crippen LogP contribution in [0, 0.1) is 0 Å². The summed E-state index contributed by atoms with van der Waals surface area (Å²) in [6.07, 6.45) is 1.39. The van der Waals surface area contributed by atoms with Gasteiger partial charge >= 0.3 is 5.97 Å². The third-order valence-electron chi connectivity index (χ3n) is 3.00. The fourth-order valence-electron chi connectivity index (χ4n) is 2.13. The highest BCUT2D eigenvalue weighted by Gasteiger charge is 2.25. The molecule has 1 aliphatic carbocycles. The Labute approximate surface area is 87.7 Å². The lowest BCUT2D eigenvalue weighted by Gasteiger charge is -2.09. The fraction of sp³-hybridized carbons (Fsp3) is 0.417. The zero-order valence-electron chi connectivity index (χ0n) is 8.32. The highest BCUT2D eigenvalue weighted by molar-refractivity contribution is 5.87. The Morgan fingerprint density at radius 2 is 1.93 bits per heavy atom. The molecular weight excluding hydrogens is 195 g/mol. The Morgan fingerprint density at radius 1 is 1.27 bits per heavy atom. The van der Waals surface area contributed by atoms with Crippen LogP contribution in [-0.4, -0.2) is 17.2 Å². The van der Waals surface area contributed by atoms with Gasteiger partial charge in [-0.1, -0.05) is 12.1 Å². The van der Waals surface area contributed by atoms with Crippen molar-refractivity contribution in [3.05, 3.63) is 35.4 Å². The van der Waals surface area contributed by atoms with Crippen molar-refractivity contribution in [3.63, 3.8) is 0 Å². The topological polar surface area (TPSA) is 37.3 Å². The van der Waals surface area contributed by atoms with E-state index in [1.165, 1.54) is 0 Å². The van der Waals surface area contributed by atoms with Gasteiger partial charge in [0, 0.05) is 0 Å². The number of rotatable bonds is 2. The number of carboxylic acid groups (broad SMARTS) is 1. The molecule has 3 heteroatoms. The summed E-state index contributed by atoms with van der Waals surface area (Å²) in [6, 6.07) is 6.77. The molecule has 1 aromatic carbocycles. The van der Waals surface area contributed by atoms with Gasteiger partial charge in [-0.3, -0.25) is 0 Å². The van der Waals surface area contributed by atoms with E-state index in [2.05, 4.69) is 0 Å². The van der Waals surface area contributed by atoms with E-state index in [9.17, 15) is 9.18 Å². The number of hydrogen-bond acceptors (Lipinski definition) is 1. The Balaban J connectivity index is 2.13. The Kier molecular flexibility index (Phi) is 2.71. The van der Waals surface area contributed by atoms with Crippen LogP contribution in [0.4, 0.5) is 4.39 Å². The van der Waals surface area contributed by atoms with Crippen LogP contribution in [0.1, 0.15) is 41.1 Å². The van der Waals surface area contributed by atoms with Gasteiger partial charge in [-0.2, -0.15) is 0 Å². The van der Waals surface area contributed by atoms with Crippen molar-refractivity contribution >= 4 is 5.97 Å². The zero-order chi connectivity index (χ0) is 10.8. The molecular formula is C12H13FO2. The van der Waals surface area contributed by atoms with E-state index >= 15 is 0 Å². The van der Waals surface area contributed by atoms with E-state index in [0.717, 1.165) is 12.0 Å². The Bertz CT molecular complexity index is 358. The fourth-order valence-corrected chi connectivity index (χ4v) is 2.13. The van der Waals surface area contributed by atoms with Crippen molar-refractivity contribution in [2.24, 2.45) is 0 Å². The minimum Gasteiger partial charge on any atom is -0.478 e. The van der Waals surface area contributed by atoms with Gasteiger partial charge in [-0.15, -0.1) is 0 Å². The van der Waals surface area contributed by atoms with E-state index < -0.39 is 12.1 Å². The van der Waals surface area contributed by atoms with Gasteiger partial charge in [0.05, 0.1) is 5.56 Å². The average molecular weight is 208 g/mol. The van der Waals surface area contributed by atoms with Crippen molar-refractivity contribution < 1.29 is 14.3 Å². The van der Waals surface area contributed by atoms with Crippen LogP contribution in [-0.2, 0) is 0 Å². The van der Waals surface area contributed by atoms with Gasteiger partial charge in [-0.05, 0) is 42.9 Å². The van der Waals surface area contributed by atoms with Crippen LogP contribution in [0.3, 0.4) is 0 Å². The molecule has 2 rings (SSSR count). The number of aromatic carboxylic acids is 1. The van der Waals surface area contributed by atoms with E-state index in [4.69, 9.17) is 5.11 Å². The summed E-state index contributed by atoms with van der Waals surface area (Å²) in [5, 5.41) is 8.72. The second-order valence-corrected chi connectivity index (χ2v) is 4.03. The molecule has 2 atom stereocenters. The van der Waals surface area contributed by atoms with E-state index in [0.29, 0.717) is 12.8 Å². The van der Waals surface area contributed by atoms with Crippen LogP contribution in [0.15, 0.2) is 24.3 Å². The third-order valence-corrected chi connectivity index (χ3v) is 3.00. The molecule has 15 heavy (non-hydrogen) atoms. The van der Waals surface area contributed by atoms with E-state index in [1.807, 2.05) is 0 Å². The maximum Gasteiger partial charge on any atom is 0.335 e. The van der Waals surface area contributed by atoms with Gasteiger partial charge in [0.2, 0.25) is 0 Å². The summed E-state index contributed by atoms with van der Waals surface area (Å²) < 4.78 is 13.0. The van der Waals surface area contributed by atoms with Crippen LogP contribution in [0.5, 0.6) is 0 Å². The zero-order valence-corrected chi connectivity index (χ0v) is 8.32. The first-order valence-corrected chi connectivity index (χ1v) is 5.14. The molecule has 0 aromatic heterocycles. The number of halogens is 1. The third kappa shape index (κ3) is 2.17. The first-order chi connectivity index (χ1) is 7.16. The predicted octanol–water partition coefficient (Wildman–Crippen LogP) is 2.99. The molecule has 1 N–H and O–H groups in total. The minimum atomic E-state index is -0.920. The molecule has 0 saturated heterocycles. The predicted molar refractivity (Wildman–Crippen MR) is 54.9 cm³/mol. The molecule has 1 fully saturated rings. The quantitative estimate of drug-likeness (QED) is 0.811. The molecule has 0 aliphatic heterocycles. The van der Waals surface area contributed by atoms with Gasteiger partial charge in [-0.25, -0.2) is 9.18 Å². The van der Waals surface area contributed by atoms with Crippen LogP contribution >= 0.6 is 0 Å². The number of hydrogen-bond donors (Lipinski definition) is 1. The monoisotopic (exact) mass is 208 g/mol. The lowest BCUT2D eigenvalue weighted by molar-refractivity contribution is 0.0697. The molecule has 0 heterocycles. The smallest absolute Gasteiger partial charge is 0.335 e. The number of carboxylic acids is 1. The van der Waals surface area contributed by atoms with Crippen LogP contribution < -0.4 is 0 Å². The molecule has 0 spiro atoms. The normalized spacial score (nSPS) is 25.4. The summed E-state index contributed by atoms with van der Waals surface area (Å²) in [5.41, 5.74) is 1.34. The van der Waals surface area contributed by atoms with Crippen molar-refractivity contribution in [2.45, 2.75) is 31.4 Å². The molecule has 1 saturated carbocycles. The second kappa shape index (κ2) is 4.01. The van der Waals surface area contributed by atoms with Gasteiger partial charge in [0.15, 0.2) is 0 Å². The molecule has 1 aromatic rings. The molecule has 0 bridgehead atoms. The van der Waals surface area contributed by atoms with Crippen molar-refractivity contribution in [3.8, 4) is 0 Å². The van der Waals surface area contributed by atoms with E-state index in [-0.39, 0.29) is 11.5 Å². The minimum absolute atomic E-state index is 0.267. The van der Waals surface area contributed by atoms with Gasteiger partial charge in [0.1, 0.15) is 6.17 Å². The van der Waals surface area contributed by atoms with Crippen molar-refractivity contribution in [1.29, 1.82) is 0 Å². The second-order valence-electron chi connectivity index (χ2n) is 4.03. The standard InChI is InChI=1S/C12H13FO2/c13-11-6-5-10(7-11)8-1-3-9(4-2-8)12(14)15/h1-4,10-11H,5-7H2,(H,14,15)/t10-,11+/m1/s1. The number of carbonyl (C=O) groups is 1. The lowest BCUT2D eigenvalue weighted by Crippen LogP contribution is -1.98. The number of alkyl halides is 1. The molecule has 80 valence electrons. The molecule has 2 nitrogen and oxygen atoms in total. The first-order valence-electron chi connectivity index (χ1n) is 5.14. The largest absolute Gasteiger partial charge is 0.478 e. The molecule has 0 unspecified atom stereocenters. The molecule has 0 radical (unpaired) electrons. The van der Waals surface area contributed by atoms with Gasteiger partial charge in [0.25, 0.3) is 0 Å². The SMILES string of the molecule is O=C(O)c1ccc([C@@H]2CC[C@H](F)C2)cc1. The van der Waals surface area contributed by atoms with E-state index in [1.54, 1.807) is 24.3 Å². The first kappa shape index (κ1) is 10.1. The lowest BCUT2D eigenvalue weighted by atomic mass is 9.97.